The van der Waals surface area contributed by atoms with Crippen molar-refractivity contribution in [3.63, 3.8) is 0 Å². The second-order valence-electron chi connectivity index (χ2n) is 6.01. The lowest BCUT2D eigenvalue weighted by Crippen LogP contribution is -2.38. The van der Waals surface area contributed by atoms with Crippen LogP contribution in [0.5, 0.6) is 0 Å². The minimum atomic E-state index is -0.228. The monoisotopic (exact) mass is 360 g/mol. The predicted octanol–water partition coefficient (Wildman–Crippen LogP) is 2.46. The molecular formula is C17H20N4O3S. The topological polar surface area (TPSA) is 93.2 Å². The van der Waals surface area contributed by atoms with Gasteiger partial charge in [0, 0.05) is 30.8 Å². The number of ether oxygens (including phenoxy) is 1. The zero-order chi connectivity index (χ0) is 17.8. The van der Waals surface area contributed by atoms with E-state index in [4.69, 9.17) is 4.74 Å². The first-order chi connectivity index (χ1) is 12.0. The number of aryl methyl sites for hydroxylation is 1. The highest BCUT2D eigenvalue weighted by Crippen LogP contribution is 2.33. The van der Waals surface area contributed by atoms with Crippen molar-refractivity contribution in [1.29, 1.82) is 0 Å². The Labute approximate surface area is 149 Å². The van der Waals surface area contributed by atoms with Gasteiger partial charge in [-0.25, -0.2) is 0 Å². The largest absolute Gasteiger partial charge is 0.373 e. The number of nitrogens with one attached hydrogen (secondary N) is 2. The molecule has 2 aromatic rings. The van der Waals surface area contributed by atoms with Crippen LogP contribution in [0.25, 0.3) is 0 Å². The van der Waals surface area contributed by atoms with E-state index in [-0.39, 0.29) is 24.0 Å². The van der Waals surface area contributed by atoms with Crippen molar-refractivity contribution < 1.29 is 14.3 Å². The molecule has 2 heterocycles. The van der Waals surface area contributed by atoms with Crippen LogP contribution in [0.1, 0.15) is 46.8 Å². The van der Waals surface area contributed by atoms with Crippen LogP contribution in [0.4, 0.5) is 5.69 Å². The van der Waals surface area contributed by atoms with Crippen LogP contribution in [-0.4, -0.2) is 34.1 Å². The van der Waals surface area contributed by atoms with Gasteiger partial charge in [0.25, 0.3) is 5.91 Å². The van der Waals surface area contributed by atoms with Gasteiger partial charge in [-0.3, -0.25) is 9.59 Å². The highest BCUT2D eigenvalue weighted by Gasteiger charge is 2.26. The molecule has 2 atom stereocenters. The third-order valence-electron chi connectivity index (χ3n) is 4.10. The van der Waals surface area contributed by atoms with Gasteiger partial charge in [-0.2, -0.15) is 0 Å². The van der Waals surface area contributed by atoms with Crippen LogP contribution in [-0.2, 0) is 9.53 Å². The maximum atomic E-state index is 12.5. The van der Waals surface area contributed by atoms with Crippen LogP contribution >= 0.6 is 11.5 Å². The highest BCUT2D eigenvalue weighted by atomic mass is 32.1. The van der Waals surface area contributed by atoms with Gasteiger partial charge in [0.1, 0.15) is 4.88 Å². The Kier molecular flexibility index (Phi) is 5.40. The maximum absolute atomic E-state index is 12.5. The first kappa shape index (κ1) is 17.5. The third-order valence-corrected chi connectivity index (χ3v) is 4.93. The van der Waals surface area contributed by atoms with Crippen molar-refractivity contribution in [3.8, 4) is 0 Å². The van der Waals surface area contributed by atoms with Gasteiger partial charge in [-0.1, -0.05) is 22.7 Å². The molecule has 7 nitrogen and oxygen atoms in total. The molecule has 1 aromatic carbocycles. The Morgan fingerprint density at radius 3 is 2.84 bits per heavy atom. The van der Waals surface area contributed by atoms with Crippen LogP contribution in [0.2, 0.25) is 0 Å². The second-order valence-corrected chi connectivity index (χ2v) is 6.76. The van der Waals surface area contributed by atoms with Crippen molar-refractivity contribution >= 4 is 29.0 Å². The highest BCUT2D eigenvalue weighted by molar-refractivity contribution is 7.08. The smallest absolute Gasteiger partial charge is 0.269 e. The Bertz CT molecular complexity index is 777. The van der Waals surface area contributed by atoms with E-state index in [1.807, 2.05) is 24.3 Å². The molecule has 0 radical (unpaired) electrons. The number of rotatable bonds is 4. The Hall–Kier alpha value is -2.32. The first-order valence-electron chi connectivity index (χ1n) is 8.12. The van der Waals surface area contributed by atoms with E-state index in [1.165, 1.54) is 6.92 Å². The average molecular weight is 360 g/mol. The number of anilines is 1. The van der Waals surface area contributed by atoms with Crippen LogP contribution in [0.15, 0.2) is 24.3 Å². The van der Waals surface area contributed by atoms with E-state index in [0.717, 1.165) is 23.5 Å². The lowest BCUT2D eigenvalue weighted by atomic mass is 9.96. The van der Waals surface area contributed by atoms with Crippen molar-refractivity contribution in [2.24, 2.45) is 0 Å². The fourth-order valence-electron chi connectivity index (χ4n) is 2.94. The minimum absolute atomic E-state index is 0.0413. The molecule has 1 fully saturated rings. The van der Waals surface area contributed by atoms with E-state index < -0.39 is 0 Å². The van der Waals surface area contributed by atoms with Crippen LogP contribution in [0.3, 0.4) is 0 Å². The summed E-state index contributed by atoms with van der Waals surface area (Å²) in [6.07, 6.45) is 1.28. The summed E-state index contributed by atoms with van der Waals surface area (Å²) in [5.41, 5.74) is 2.22. The van der Waals surface area contributed by atoms with Crippen molar-refractivity contribution in [2.45, 2.75) is 38.8 Å². The van der Waals surface area contributed by atoms with Crippen LogP contribution < -0.4 is 10.6 Å². The normalized spacial score (nSPS) is 20.1. The molecule has 2 N–H and O–H groups in total. The third kappa shape index (κ3) is 4.21. The molecule has 0 aliphatic carbocycles. The van der Waals surface area contributed by atoms with Crippen molar-refractivity contribution in [2.75, 3.05) is 11.9 Å². The summed E-state index contributed by atoms with van der Waals surface area (Å²) in [6, 6.07) is 7.64. The fraction of sp³-hybridized carbons (Fsp3) is 0.412. The lowest BCUT2D eigenvalue weighted by Gasteiger charge is -2.31. The summed E-state index contributed by atoms with van der Waals surface area (Å²) in [5.74, 6) is -0.269. The summed E-state index contributed by atoms with van der Waals surface area (Å²) < 4.78 is 9.69. The molecular weight excluding hydrogens is 340 g/mol. The molecule has 25 heavy (non-hydrogen) atoms. The Morgan fingerprint density at radius 2 is 2.12 bits per heavy atom. The number of carbonyl (C=O) groups is 2. The van der Waals surface area contributed by atoms with Gasteiger partial charge in [-0.15, -0.1) is 5.10 Å². The number of nitrogens with zero attached hydrogens (tertiary/aromatic N) is 2. The first-order valence-corrected chi connectivity index (χ1v) is 8.90. The molecule has 3 rings (SSSR count). The van der Waals surface area contributed by atoms with E-state index in [1.54, 1.807) is 6.92 Å². The maximum Gasteiger partial charge on any atom is 0.269 e. The van der Waals surface area contributed by atoms with Gasteiger partial charge in [0.05, 0.1) is 11.8 Å². The summed E-state index contributed by atoms with van der Waals surface area (Å²) in [7, 11) is 0. The number of amides is 2. The molecule has 0 unspecified atom stereocenters. The van der Waals surface area contributed by atoms with E-state index in [2.05, 4.69) is 20.2 Å². The van der Waals surface area contributed by atoms with E-state index >= 15 is 0 Å². The van der Waals surface area contributed by atoms with Gasteiger partial charge in [0.2, 0.25) is 5.91 Å². The molecule has 0 saturated carbocycles. The van der Waals surface area contributed by atoms with Gasteiger partial charge in [0.15, 0.2) is 0 Å². The summed E-state index contributed by atoms with van der Waals surface area (Å²) in [5, 5.41) is 9.75. The van der Waals surface area contributed by atoms with E-state index in [9.17, 15) is 9.59 Å². The second kappa shape index (κ2) is 7.71. The van der Waals surface area contributed by atoms with Crippen molar-refractivity contribution in [3.05, 3.63) is 40.4 Å². The molecule has 1 aliphatic heterocycles. The molecule has 1 aliphatic rings. The Balaban J connectivity index is 1.77. The summed E-state index contributed by atoms with van der Waals surface area (Å²) in [6.45, 7) is 3.84. The summed E-state index contributed by atoms with van der Waals surface area (Å²) in [4.78, 5) is 24.3. The quantitative estimate of drug-likeness (QED) is 0.874. The van der Waals surface area contributed by atoms with Gasteiger partial charge < -0.3 is 15.4 Å². The standard InChI is InChI=1S/C17H20N4O3S/c1-10-16(25-21-20-10)17(23)19-14-6-4-3-5-13(14)15-9-12(7-8-24-15)18-11(2)22/h3-6,12,15H,7-9H2,1-2H3,(H,18,22)(H,19,23)/t12-,15+/m1/s1. The molecule has 0 bridgehead atoms. The number of hydrogen-bond acceptors (Lipinski definition) is 6. The zero-order valence-corrected chi connectivity index (χ0v) is 14.9. The molecule has 2 amide bonds. The minimum Gasteiger partial charge on any atom is -0.373 e. The average Bonchev–Trinajstić information content (AvgIpc) is 3.01. The molecule has 1 saturated heterocycles. The number of hydrogen-bond donors (Lipinski definition) is 2. The number of para-hydroxylation sites is 1. The summed E-state index contributed by atoms with van der Waals surface area (Å²) >= 11 is 1.07. The van der Waals surface area contributed by atoms with Gasteiger partial charge >= 0.3 is 0 Å². The van der Waals surface area contributed by atoms with Gasteiger partial charge in [-0.05, 0) is 37.4 Å². The lowest BCUT2D eigenvalue weighted by molar-refractivity contribution is -0.120. The molecule has 1 aromatic heterocycles. The fourth-order valence-corrected chi connectivity index (χ4v) is 3.49. The molecule has 0 spiro atoms. The predicted molar refractivity (Wildman–Crippen MR) is 94.6 cm³/mol. The SMILES string of the molecule is CC(=O)N[C@@H]1CCO[C@H](c2ccccc2NC(=O)c2snnc2C)C1. The number of carbonyl (C=O) groups excluding carboxylic acids is 2. The molecule has 132 valence electrons. The number of aromatic nitrogens is 2. The van der Waals surface area contributed by atoms with Crippen LogP contribution in [0, 0.1) is 6.92 Å². The van der Waals surface area contributed by atoms with Crippen molar-refractivity contribution in [1.82, 2.24) is 14.9 Å². The Morgan fingerprint density at radius 1 is 1.32 bits per heavy atom. The zero-order valence-electron chi connectivity index (χ0n) is 14.1. The van der Waals surface area contributed by atoms with E-state index in [0.29, 0.717) is 29.3 Å². The number of benzene rings is 1. The molecule has 8 heteroatoms.